The van der Waals surface area contributed by atoms with Gasteiger partial charge < -0.3 is 0 Å². The molecule has 1 aliphatic rings. The molecule has 0 N–H and O–H groups in total. The molecule has 1 aromatic carbocycles. The van der Waals surface area contributed by atoms with Gasteiger partial charge in [-0.2, -0.15) is 10.2 Å². The number of hydrogen-bond donors (Lipinski definition) is 0. The molecule has 0 bridgehead atoms. The van der Waals surface area contributed by atoms with Crippen LogP contribution < -0.4 is 5.01 Å². The number of aryl methyl sites for hydroxylation is 1. The van der Waals surface area contributed by atoms with E-state index in [0.29, 0.717) is 11.4 Å². The number of amides is 1. The Labute approximate surface area is 140 Å². The van der Waals surface area contributed by atoms with Gasteiger partial charge >= 0.3 is 0 Å². The molecule has 0 aliphatic carbocycles. The fourth-order valence-corrected chi connectivity index (χ4v) is 3.30. The summed E-state index contributed by atoms with van der Waals surface area (Å²) < 4.78 is 27.0. The zero-order chi connectivity index (χ0) is 17.5. The van der Waals surface area contributed by atoms with E-state index in [4.69, 9.17) is 0 Å². The van der Waals surface area contributed by atoms with Crippen LogP contribution in [0.1, 0.15) is 12.1 Å². The van der Waals surface area contributed by atoms with E-state index in [1.54, 1.807) is 36.1 Å². The van der Waals surface area contributed by atoms with Gasteiger partial charge in [0.05, 0.1) is 28.4 Å². The van der Waals surface area contributed by atoms with Gasteiger partial charge in [0, 0.05) is 27.3 Å². The Kier molecular flexibility index (Phi) is 3.98. The van der Waals surface area contributed by atoms with Crippen LogP contribution in [-0.2, 0) is 21.9 Å². The van der Waals surface area contributed by atoms with Gasteiger partial charge in [0.15, 0.2) is 0 Å². The second-order valence-electron chi connectivity index (χ2n) is 5.55. The van der Waals surface area contributed by atoms with E-state index < -0.39 is 10.0 Å². The highest BCUT2D eigenvalue weighted by Crippen LogP contribution is 2.24. The van der Waals surface area contributed by atoms with Gasteiger partial charge in [-0.1, -0.05) is 0 Å². The van der Waals surface area contributed by atoms with E-state index in [-0.39, 0.29) is 17.2 Å². The number of sulfonamides is 1. The maximum atomic E-state index is 12.2. The minimum absolute atomic E-state index is 0.165. The molecule has 9 heteroatoms. The second-order valence-corrected chi connectivity index (χ2v) is 7.70. The Hall–Kier alpha value is -2.52. The van der Waals surface area contributed by atoms with Crippen molar-refractivity contribution in [3.63, 3.8) is 0 Å². The topological polar surface area (TPSA) is 87.9 Å². The first-order valence-electron chi connectivity index (χ1n) is 7.22. The lowest BCUT2D eigenvalue weighted by Crippen LogP contribution is -2.23. The van der Waals surface area contributed by atoms with Crippen molar-refractivity contribution >= 4 is 27.3 Å². The summed E-state index contributed by atoms with van der Waals surface area (Å²) in [5.74, 6) is -0.172. The number of benzene rings is 1. The average Bonchev–Trinajstić information content (AvgIpc) is 3.13. The van der Waals surface area contributed by atoms with Gasteiger partial charge in [-0.3, -0.25) is 9.48 Å². The summed E-state index contributed by atoms with van der Waals surface area (Å²) in [4.78, 5) is 12.4. The molecule has 1 aromatic heterocycles. The predicted octanol–water partition coefficient (Wildman–Crippen LogP) is 0.811. The van der Waals surface area contributed by atoms with Crippen LogP contribution in [0.4, 0.5) is 5.69 Å². The summed E-state index contributed by atoms with van der Waals surface area (Å²) in [6.07, 6.45) is 1.82. The largest absolute Gasteiger partial charge is 0.272 e. The van der Waals surface area contributed by atoms with Gasteiger partial charge in [0.2, 0.25) is 10.0 Å². The third-order valence-electron chi connectivity index (χ3n) is 3.75. The molecule has 3 rings (SSSR count). The first-order valence-corrected chi connectivity index (χ1v) is 8.66. The fraction of sp³-hybridized carbons (Fsp3) is 0.267. The summed E-state index contributed by atoms with van der Waals surface area (Å²) in [5, 5.41) is 9.71. The highest BCUT2D eigenvalue weighted by molar-refractivity contribution is 7.89. The normalized spacial score (nSPS) is 15.2. The minimum atomic E-state index is -3.50. The monoisotopic (exact) mass is 347 g/mol. The first-order chi connectivity index (χ1) is 11.3. The van der Waals surface area contributed by atoms with Crippen molar-refractivity contribution in [2.75, 3.05) is 19.1 Å². The minimum Gasteiger partial charge on any atom is -0.272 e. The molecule has 1 amide bonds. The van der Waals surface area contributed by atoms with Gasteiger partial charge in [0.1, 0.15) is 0 Å². The zero-order valence-electron chi connectivity index (χ0n) is 13.5. The second kappa shape index (κ2) is 5.84. The van der Waals surface area contributed by atoms with Gasteiger partial charge in [-0.05, 0) is 30.3 Å². The van der Waals surface area contributed by atoms with Gasteiger partial charge in [-0.25, -0.2) is 17.7 Å². The van der Waals surface area contributed by atoms with Crippen molar-refractivity contribution in [3.05, 3.63) is 42.2 Å². The summed E-state index contributed by atoms with van der Waals surface area (Å²) in [6.45, 7) is 0. The van der Waals surface area contributed by atoms with Crippen LogP contribution in [-0.4, -0.2) is 48.2 Å². The van der Waals surface area contributed by atoms with Gasteiger partial charge in [0.25, 0.3) is 5.91 Å². The summed E-state index contributed by atoms with van der Waals surface area (Å²) in [5.41, 5.74) is 1.93. The van der Waals surface area contributed by atoms with Crippen molar-refractivity contribution in [2.24, 2.45) is 12.1 Å². The number of hydrazone groups is 1. The van der Waals surface area contributed by atoms with E-state index in [0.717, 1.165) is 10.00 Å². The molecule has 8 nitrogen and oxygen atoms in total. The van der Waals surface area contributed by atoms with Crippen molar-refractivity contribution < 1.29 is 13.2 Å². The highest BCUT2D eigenvalue weighted by atomic mass is 32.2. The fourth-order valence-electron chi connectivity index (χ4n) is 2.40. The molecule has 2 heterocycles. The van der Waals surface area contributed by atoms with Crippen molar-refractivity contribution in [1.29, 1.82) is 0 Å². The molecular weight excluding hydrogens is 330 g/mol. The Morgan fingerprint density at radius 1 is 1.12 bits per heavy atom. The van der Waals surface area contributed by atoms with Crippen LogP contribution in [0, 0.1) is 0 Å². The van der Waals surface area contributed by atoms with E-state index in [1.165, 1.54) is 31.2 Å². The Morgan fingerprint density at radius 2 is 1.79 bits per heavy atom. The van der Waals surface area contributed by atoms with Crippen LogP contribution in [0.25, 0.3) is 0 Å². The zero-order valence-corrected chi connectivity index (χ0v) is 14.4. The van der Waals surface area contributed by atoms with E-state index in [9.17, 15) is 13.2 Å². The number of carbonyl (C=O) groups excluding carboxylic acids is 1. The maximum Gasteiger partial charge on any atom is 0.253 e. The summed E-state index contributed by atoms with van der Waals surface area (Å²) >= 11 is 0. The molecule has 126 valence electrons. The number of carbonyl (C=O) groups is 1. The molecule has 0 radical (unpaired) electrons. The van der Waals surface area contributed by atoms with Gasteiger partial charge in [-0.15, -0.1) is 0 Å². The van der Waals surface area contributed by atoms with Crippen LogP contribution in [0.5, 0.6) is 0 Å². The number of anilines is 1. The quantitative estimate of drug-likeness (QED) is 0.819. The van der Waals surface area contributed by atoms with E-state index in [2.05, 4.69) is 10.2 Å². The standard InChI is InChI=1S/C15H17N5O3S/c1-18(2)24(22,23)12-6-4-11(5-7-12)20-15(21)10-13(17-20)14-8-9-16-19(14)3/h4-9H,10H2,1-3H3. The summed E-state index contributed by atoms with van der Waals surface area (Å²) in [6, 6.07) is 7.88. The lowest BCUT2D eigenvalue weighted by atomic mass is 10.2. The molecule has 1 aliphatic heterocycles. The van der Waals surface area contributed by atoms with E-state index >= 15 is 0 Å². The summed E-state index contributed by atoms with van der Waals surface area (Å²) in [7, 11) is 1.22. The lowest BCUT2D eigenvalue weighted by molar-refractivity contribution is -0.116. The lowest BCUT2D eigenvalue weighted by Gasteiger charge is -2.14. The molecule has 0 atom stereocenters. The molecule has 2 aromatic rings. The highest BCUT2D eigenvalue weighted by Gasteiger charge is 2.28. The van der Waals surface area contributed by atoms with Crippen molar-refractivity contribution in [1.82, 2.24) is 14.1 Å². The van der Waals surface area contributed by atoms with Crippen molar-refractivity contribution in [2.45, 2.75) is 11.3 Å². The third-order valence-corrected chi connectivity index (χ3v) is 5.58. The first kappa shape index (κ1) is 16.3. The van der Waals surface area contributed by atoms with Crippen molar-refractivity contribution in [3.8, 4) is 0 Å². The Bertz CT molecular complexity index is 913. The Balaban J connectivity index is 1.91. The van der Waals surface area contributed by atoms with Crippen LogP contribution in [0.2, 0.25) is 0 Å². The van der Waals surface area contributed by atoms with Crippen LogP contribution in [0.3, 0.4) is 0 Å². The third kappa shape index (κ3) is 2.72. The number of nitrogens with zero attached hydrogens (tertiary/aromatic N) is 5. The average molecular weight is 347 g/mol. The van der Waals surface area contributed by atoms with Crippen LogP contribution >= 0.6 is 0 Å². The van der Waals surface area contributed by atoms with Crippen LogP contribution in [0.15, 0.2) is 46.5 Å². The number of aromatic nitrogens is 2. The number of rotatable bonds is 4. The SMILES string of the molecule is CN(C)S(=O)(=O)c1ccc(N2N=C(c3ccnn3C)CC2=O)cc1. The molecule has 0 spiro atoms. The Morgan fingerprint density at radius 3 is 2.33 bits per heavy atom. The molecule has 24 heavy (non-hydrogen) atoms. The van der Waals surface area contributed by atoms with E-state index in [1.807, 2.05) is 0 Å². The maximum absolute atomic E-state index is 12.2. The molecular formula is C15H17N5O3S. The molecule has 0 unspecified atom stereocenters. The molecule has 0 saturated heterocycles. The molecule has 0 saturated carbocycles. The number of hydrogen-bond acceptors (Lipinski definition) is 5. The smallest absolute Gasteiger partial charge is 0.253 e. The predicted molar refractivity (Wildman–Crippen MR) is 89.2 cm³/mol. The molecule has 0 fully saturated rings.